The highest BCUT2D eigenvalue weighted by Crippen LogP contribution is 2.38. The van der Waals surface area contributed by atoms with Crippen molar-refractivity contribution in [3.05, 3.63) is 59.4 Å². The maximum atomic E-state index is 13.1. The van der Waals surface area contributed by atoms with E-state index in [1.54, 1.807) is 18.6 Å². The van der Waals surface area contributed by atoms with E-state index in [0.717, 1.165) is 23.6 Å². The molecule has 2 aromatic rings. The molecule has 5 nitrogen and oxygen atoms in total. The van der Waals surface area contributed by atoms with Crippen LogP contribution >= 0.6 is 11.8 Å². The second kappa shape index (κ2) is 7.83. The predicted octanol–water partition coefficient (Wildman–Crippen LogP) is 4.41. The molecule has 0 aromatic carbocycles. The quantitative estimate of drug-likeness (QED) is 0.757. The van der Waals surface area contributed by atoms with Crippen LogP contribution in [0.4, 0.5) is 5.82 Å². The Morgan fingerprint density at radius 2 is 1.88 bits per heavy atom. The van der Waals surface area contributed by atoms with Gasteiger partial charge in [-0.3, -0.25) is 14.7 Å². The van der Waals surface area contributed by atoms with Crippen LogP contribution in [0.2, 0.25) is 0 Å². The number of carbonyl (C=O) groups is 1. The van der Waals surface area contributed by atoms with Gasteiger partial charge >= 0.3 is 0 Å². The second-order valence-corrected chi connectivity index (χ2v) is 7.45. The number of amidine groups is 1. The van der Waals surface area contributed by atoms with E-state index in [4.69, 9.17) is 0 Å². The standard InChI is InChI=1S/C20H20N4OS/c25-19-17(14-15-9-12-21-13-10-15)26-20(23-18-8-4-5-11-22-18)24(19)16-6-2-1-3-7-16/h4-5,8-14,16H,1-3,6-7H2/b17-14-,23-20+. The number of aromatic nitrogens is 2. The first-order valence-electron chi connectivity index (χ1n) is 8.94. The molecule has 1 saturated heterocycles. The summed E-state index contributed by atoms with van der Waals surface area (Å²) in [6, 6.07) is 9.67. The Hall–Kier alpha value is -2.47. The largest absolute Gasteiger partial charge is 0.283 e. The molecule has 0 bridgehead atoms. The number of pyridine rings is 2. The summed E-state index contributed by atoms with van der Waals surface area (Å²) in [5.74, 6) is 0.683. The monoisotopic (exact) mass is 364 g/mol. The predicted molar refractivity (Wildman–Crippen MR) is 105 cm³/mol. The van der Waals surface area contributed by atoms with E-state index in [9.17, 15) is 4.79 Å². The molecule has 2 aromatic heterocycles. The fraction of sp³-hybridized carbons (Fsp3) is 0.300. The molecular weight excluding hydrogens is 344 g/mol. The van der Waals surface area contributed by atoms with E-state index in [2.05, 4.69) is 15.0 Å². The van der Waals surface area contributed by atoms with Gasteiger partial charge in [-0.1, -0.05) is 25.3 Å². The Morgan fingerprint density at radius 3 is 2.62 bits per heavy atom. The summed E-state index contributed by atoms with van der Waals surface area (Å²) in [7, 11) is 0. The maximum absolute atomic E-state index is 13.1. The topological polar surface area (TPSA) is 58.5 Å². The number of rotatable bonds is 3. The molecule has 26 heavy (non-hydrogen) atoms. The summed E-state index contributed by atoms with van der Waals surface area (Å²) < 4.78 is 0. The molecule has 1 amide bonds. The molecule has 0 spiro atoms. The summed E-state index contributed by atoms with van der Waals surface area (Å²) >= 11 is 1.44. The lowest BCUT2D eigenvalue weighted by Gasteiger charge is -2.30. The van der Waals surface area contributed by atoms with Crippen LogP contribution < -0.4 is 0 Å². The first-order chi connectivity index (χ1) is 12.8. The fourth-order valence-electron chi connectivity index (χ4n) is 3.35. The Morgan fingerprint density at radius 1 is 1.08 bits per heavy atom. The number of amides is 1. The fourth-order valence-corrected chi connectivity index (χ4v) is 4.40. The molecule has 2 fully saturated rings. The van der Waals surface area contributed by atoms with Gasteiger partial charge in [0.1, 0.15) is 0 Å². The highest BCUT2D eigenvalue weighted by atomic mass is 32.2. The second-order valence-electron chi connectivity index (χ2n) is 6.44. The summed E-state index contributed by atoms with van der Waals surface area (Å²) in [4.78, 5) is 28.7. The first kappa shape index (κ1) is 17.0. The van der Waals surface area contributed by atoms with E-state index in [1.165, 1.54) is 31.0 Å². The van der Waals surface area contributed by atoms with Crippen LogP contribution in [-0.4, -0.2) is 32.0 Å². The van der Waals surface area contributed by atoms with Crippen LogP contribution in [0.3, 0.4) is 0 Å². The lowest BCUT2D eigenvalue weighted by Crippen LogP contribution is -2.40. The molecule has 6 heteroatoms. The van der Waals surface area contributed by atoms with Crippen molar-refractivity contribution in [2.75, 3.05) is 0 Å². The number of aliphatic imine (C=N–C) groups is 1. The zero-order chi connectivity index (χ0) is 17.8. The number of carbonyl (C=O) groups excluding carboxylic acids is 1. The summed E-state index contributed by atoms with van der Waals surface area (Å²) in [5.41, 5.74) is 0.971. The third-order valence-corrected chi connectivity index (χ3v) is 5.62. The average Bonchev–Trinajstić information content (AvgIpc) is 2.99. The summed E-state index contributed by atoms with van der Waals surface area (Å²) in [5, 5.41) is 0.737. The van der Waals surface area contributed by atoms with Crippen molar-refractivity contribution < 1.29 is 4.79 Å². The van der Waals surface area contributed by atoms with E-state index in [0.29, 0.717) is 10.7 Å². The van der Waals surface area contributed by atoms with Gasteiger partial charge in [0, 0.05) is 24.6 Å². The number of thioether (sulfide) groups is 1. The highest BCUT2D eigenvalue weighted by molar-refractivity contribution is 8.18. The number of hydrogen-bond donors (Lipinski definition) is 0. The Bertz CT molecular complexity index is 829. The molecule has 0 unspecified atom stereocenters. The third-order valence-electron chi connectivity index (χ3n) is 4.64. The van der Waals surface area contributed by atoms with Gasteiger partial charge in [0.25, 0.3) is 5.91 Å². The number of nitrogens with zero attached hydrogens (tertiary/aromatic N) is 4. The zero-order valence-electron chi connectivity index (χ0n) is 14.4. The summed E-state index contributed by atoms with van der Waals surface area (Å²) in [6.07, 6.45) is 12.8. The molecule has 1 saturated carbocycles. The Kier molecular flexibility index (Phi) is 5.11. The van der Waals surface area contributed by atoms with Gasteiger partial charge in [-0.05, 0) is 60.5 Å². The zero-order valence-corrected chi connectivity index (χ0v) is 15.2. The van der Waals surface area contributed by atoms with Crippen molar-refractivity contribution in [2.45, 2.75) is 38.1 Å². The molecule has 1 aliphatic carbocycles. The minimum absolute atomic E-state index is 0.0494. The van der Waals surface area contributed by atoms with Gasteiger partial charge in [0.05, 0.1) is 4.91 Å². The van der Waals surface area contributed by atoms with Crippen molar-refractivity contribution in [1.82, 2.24) is 14.9 Å². The van der Waals surface area contributed by atoms with Crippen molar-refractivity contribution in [1.29, 1.82) is 0 Å². The molecule has 132 valence electrons. The van der Waals surface area contributed by atoms with E-state index in [1.807, 2.05) is 41.3 Å². The maximum Gasteiger partial charge on any atom is 0.267 e. The number of hydrogen-bond acceptors (Lipinski definition) is 5. The smallest absolute Gasteiger partial charge is 0.267 e. The van der Waals surface area contributed by atoms with Crippen LogP contribution in [0.25, 0.3) is 6.08 Å². The van der Waals surface area contributed by atoms with Gasteiger partial charge in [-0.25, -0.2) is 9.98 Å². The molecule has 4 rings (SSSR count). The van der Waals surface area contributed by atoms with Gasteiger partial charge in [0.2, 0.25) is 0 Å². The van der Waals surface area contributed by atoms with Gasteiger partial charge in [-0.2, -0.15) is 0 Å². The van der Waals surface area contributed by atoms with Crippen LogP contribution in [0, 0.1) is 0 Å². The lowest BCUT2D eigenvalue weighted by molar-refractivity contribution is -0.124. The normalized spacial score (nSPS) is 21.7. The molecule has 0 radical (unpaired) electrons. The SMILES string of the molecule is O=C1/C(=C/c2ccncc2)S/C(=N/c2ccccn2)N1C1CCCCC1. The average molecular weight is 364 g/mol. The molecule has 2 aliphatic rings. The van der Waals surface area contributed by atoms with E-state index >= 15 is 0 Å². The van der Waals surface area contributed by atoms with Crippen molar-refractivity contribution in [2.24, 2.45) is 4.99 Å². The molecular formula is C20H20N4OS. The van der Waals surface area contributed by atoms with E-state index < -0.39 is 0 Å². The van der Waals surface area contributed by atoms with Crippen molar-refractivity contribution >= 4 is 34.7 Å². The van der Waals surface area contributed by atoms with Crippen LogP contribution in [0.1, 0.15) is 37.7 Å². The van der Waals surface area contributed by atoms with Crippen LogP contribution in [0.5, 0.6) is 0 Å². The minimum atomic E-state index is 0.0494. The lowest BCUT2D eigenvalue weighted by atomic mass is 9.94. The Balaban J connectivity index is 1.69. The van der Waals surface area contributed by atoms with Crippen molar-refractivity contribution in [3.63, 3.8) is 0 Å². The molecule has 1 aliphatic heterocycles. The third kappa shape index (κ3) is 3.70. The van der Waals surface area contributed by atoms with Crippen LogP contribution in [-0.2, 0) is 4.79 Å². The van der Waals surface area contributed by atoms with Crippen LogP contribution in [0.15, 0.2) is 58.8 Å². The van der Waals surface area contributed by atoms with Gasteiger partial charge in [-0.15, -0.1) is 0 Å². The first-order valence-corrected chi connectivity index (χ1v) is 9.76. The molecule has 3 heterocycles. The Labute approximate surface area is 157 Å². The highest BCUT2D eigenvalue weighted by Gasteiger charge is 2.38. The van der Waals surface area contributed by atoms with Crippen molar-refractivity contribution in [3.8, 4) is 0 Å². The van der Waals surface area contributed by atoms with Gasteiger partial charge in [0.15, 0.2) is 11.0 Å². The van der Waals surface area contributed by atoms with E-state index in [-0.39, 0.29) is 11.9 Å². The minimum Gasteiger partial charge on any atom is -0.283 e. The van der Waals surface area contributed by atoms with Gasteiger partial charge < -0.3 is 0 Å². The molecule has 0 atom stereocenters. The summed E-state index contributed by atoms with van der Waals surface area (Å²) in [6.45, 7) is 0. The molecule has 0 N–H and O–H groups in total.